The number of ether oxygens (including phenoxy) is 2. The average molecular weight is 442 g/mol. The monoisotopic (exact) mass is 441 g/mol. The SMILES string of the molecule is COC(OC)C1CCN(c2ccc([C@@H]3c4ccccc4CC[C@@H]3c3ccccc3)cc2)CC1. The molecule has 2 aliphatic rings. The van der Waals surface area contributed by atoms with Gasteiger partial charge in [-0.05, 0) is 66.0 Å². The standard InChI is InChI=1S/C30H35NO2/c1-32-30(33-2)25-18-20-31(21-19-25)26-15-12-24(13-16-26)29-27-11-7-6-10-23(27)14-17-28(29)22-8-4-3-5-9-22/h3-13,15-16,25,28-30H,14,17-21H2,1-2H3/t28-,29-/m1/s1. The summed E-state index contributed by atoms with van der Waals surface area (Å²) in [5.74, 6) is 1.39. The first kappa shape index (κ1) is 22.2. The molecule has 0 bridgehead atoms. The fraction of sp³-hybridized carbons (Fsp3) is 0.400. The maximum absolute atomic E-state index is 5.50. The van der Waals surface area contributed by atoms with E-state index in [0.717, 1.165) is 32.4 Å². The predicted octanol–water partition coefficient (Wildman–Crippen LogP) is 6.38. The third-order valence-corrected chi connectivity index (χ3v) is 7.75. The molecule has 3 nitrogen and oxygen atoms in total. The summed E-state index contributed by atoms with van der Waals surface area (Å²) >= 11 is 0. The second-order valence-corrected chi connectivity index (χ2v) is 9.49. The van der Waals surface area contributed by atoms with Crippen molar-refractivity contribution in [1.82, 2.24) is 0 Å². The van der Waals surface area contributed by atoms with E-state index in [2.05, 4.69) is 83.8 Å². The van der Waals surface area contributed by atoms with E-state index in [0.29, 0.717) is 17.8 Å². The molecule has 0 saturated carbocycles. The number of methoxy groups -OCH3 is 2. The molecule has 1 fully saturated rings. The summed E-state index contributed by atoms with van der Waals surface area (Å²) in [6, 6.07) is 29.5. The summed E-state index contributed by atoms with van der Waals surface area (Å²) in [5, 5.41) is 0. The van der Waals surface area contributed by atoms with E-state index in [1.165, 1.54) is 34.4 Å². The van der Waals surface area contributed by atoms with Crippen molar-refractivity contribution in [3.8, 4) is 0 Å². The molecule has 0 aromatic heterocycles. The van der Waals surface area contributed by atoms with Gasteiger partial charge in [0.1, 0.15) is 0 Å². The quantitative estimate of drug-likeness (QED) is 0.414. The van der Waals surface area contributed by atoms with Gasteiger partial charge in [-0.1, -0.05) is 66.7 Å². The lowest BCUT2D eigenvalue weighted by Crippen LogP contribution is -2.39. The second-order valence-electron chi connectivity index (χ2n) is 9.49. The van der Waals surface area contributed by atoms with Gasteiger partial charge in [0, 0.05) is 44.8 Å². The minimum Gasteiger partial charge on any atom is -0.372 e. The van der Waals surface area contributed by atoms with Gasteiger partial charge in [-0.25, -0.2) is 0 Å². The highest BCUT2D eigenvalue weighted by molar-refractivity contribution is 5.52. The number of benzene rings is 3. The second kappa shape index (κ2) is 10.1. The maximum Gasteiger partial charge on any atom is 0.159 e. The number of hydrogen-bond donors (Lipinski definition) is 0. The molecule has 1 heterocycles. The predicted molar refractivity (Wildman–Crippen MR) is 135 cm³/mol. The molecule has 33 heavy (non-hydrogen) atoms. The first-order valence-electron chi connectivity index (χ1n) is 12.3. The Hall–Kier alpha value is -2.62. The summed E-state index contributed by atoms with van der Waals surface area (Å²) in [4.78, 5) is 2.51. The summed E-state index contributed by atoms with van der Waals surface area (Å²) in [6.45, 7) is 2.10. The van der Waals surface area contributed by atoms with Crippen LogP contribution in [0.2, 0.25) is 0 Å². The molecule has 3 aromatic rings. The van der Waals surface area contributed by atoms with Crippen LogP contribution in [0, 0.1) is 5.92 Å². The molecular formula is C30H35NO2. The highest BCUT2D eigenvalue weighted by Gasteiger charge is 2.32. The van der Waals surface area contributed by atoms with Crippen molar-refractivity contribution < 1.29 is 9.47 Å². The van der Waals surface area contributed by atoms with Crippen LogP contribution in [0.4, 0.5) is 5.69 Å². The third-order valence-electron chi connectivity index (χ3n) is 7.75. The highest BCUT2D eigenvalue weighted by Crippen LogP contribution is 2.46. The number of nitrogens with zero attached hydrogens (tertiary/aromatic N) is 1. The minimum absolute atomic E-state index is 0.0872. The molecule has 0 spiro atoms. The van der Waals surface area contributed by atoms with Crippen LogP contribution in [0.25, 0.3) is 0 Å². The Morgan fingerprint density at radius 1 is 0.727 bits per heavy atom. The topological polar surface area (TPSA) is 21.7 Å². The van der Waals surface area contributed by atoms with Crippen LogP contribution in [-0.4, -0.2) is 33.6 Å². The van der Waals surface area contributed by atoms with Crippen LogP contribution in [0.15, 0.2) is 78.9 Å². The van der Waals surface area contributed by atoms with Crippen LogP contribution >= 0.6 is 0 Å². The first-order valence-corrected chi connectivity index (χ1v) is 12.3. The molecule has 5 rings (SSSR count). The lowest BCUT2D eigenvalue weighted by atomic mass is 9.69. The Morgan fingerprint density at radius 2 is 1.39 bits per heavy atom. The molecule has 3 heteroatoms. The molecule has 1 aliphatic heterocycles. The Labute approximate surface area is 198 Å². The smallest absolute Gasteiger partial charge is 0.159 e. The molecule has 0 unspecified atom stereocenters. The summed E-state index contributed by atoms with van der Waals surface area (Å²) in [6.07, 6.45) is 4.46. The van der Waals surface area contributed by atoms with Crippen molar-refractivity contribution >= 4 is 5.69 Å². The number of anilines is 1. The number of rotatable bonds is 6. The van der Waals surface area contributed by atoms with E-state index in [9.17, 15) is 0 Å². The van der Waals surface area contributed by atoms with Gasteiger partial charge in [-0.2, -0.15) is 0 Å². The Balaban J connectivity index is 1.38. The van der Waals surface area contributed by atoms with Gasteiger partial charge in [0.25, 0.3) is 0 Å². The molecule has 0 N–H and O–H groups in total. The number of fused-ring (bicyclic) bond motifs is 1. The number of aryl methyl sites for hydroxylation is 1. The largest absolute Gasteiger partial charge is 0.372 e. The van der Waals surface area contributed by atoms with E-state index in [1.807, 2.05) is 0 Å². The van der Waals surface area contributed by atoms with E-state index in [1.54, 1.807) is 14.2 Å². The van der Waals surface area contributed by atoms with E-state index < -0.39 is 0 Å². The molecule has 1 aliphatic carbocycles. The minimum atomic E-state index is -0.0872. The van der Waals surface area contributed by atoms with Crippen molar-refractivity contribution in [1.29, 1.82) is 0 Å². The van der Waals surface area contributed by atoms with Crippen LogP contribution in [-0.2, 0) is 15.9 Å². The normalized spacial score (nSPS) is 21.2. The fourth-order valence-corrected chi connectivity index (χ4v) is 6.03. The zero-order valence-corrected chi connectivity index (χ0v) is 19.8. The summed E-state index contributed by atoms with van der Waals surface area (Å²) < 4.78 is 11.0. The van der Waals surface area contributed by atoms with Gasteiger partial charge in [-0.15, -0.1) is 0 Å². The van der Waals surface area contributed by atoms with E-state index in [4.69, 9.17) is 9.47 Å². The van der Waals surface area contributed by atoms with Crippen LogP contribution in [0.1, 0.15) is 53.4 Å². The molecule has 0 radical (unpaired) electrons. The lowest BCUT2D eigenvalue weighted by molar-refractivity contribution is -0.141. The van der Waals surface area contributed by atoms with Crippen molar-refractivity contribution in [3.63, 3.8) is 0 Å². The summed E-state index contributed by atoms with van der Waals surface area (Å²) in [7, 11) is 3.48. The van der Waals surface area contributed by atoms with Crippen molar-refractivity contribution in [2.24, 2.45) is 5.92 Å². The van der Waals surface area contributed by atoms with Gasteiger partial charge < -0.3 is 14.4 Å². The zero-order valence-electron chi connectivity index (χ0n) is 19.8. The average Bonchev–Trinajstić information content (AvgIpc) is 2.90. The zero-order chi connectivity index (χ0) is 22.6. The first-order chi connectivity index (χ1) is 16.3. The van der Waals surface area contributed by atoms with Crippen LogP contribution in [0.3, 0.4) is 0 Å². The lowest BCUT2D eigenvalue weighted by Gasteiger charge is -2.37. The Bertz CT molecular complexity index is 1020. The van der Waals surface area contributed by atoms with Crippen LogP contribution in [0.5, 0.6) is 0 Å². The number of hydrogen-bond acceptors (Lipinski definition) is 3. The van der Waals surface area contributed by atoms with Crippen molar-refractivity contribution in [2.45, 2.75) is 43.8 Å². The highest BCUT2D eigenvalue weighted by atomic mass is 16.7. The van der Waals surface area contributed by atoms with Gasteiger partial charge >= 0.3 is 0 Å². The Morgan fingerprint density at radius 3 is 2.09 bits per heavy atom. The molecule has 172 valence electrons. The molecular weight excluding hydrogens is 406 g/mol. The molecule has 0 amide bonds. The summed E-state index contributed by atoms with van der Waals surface area (Å²) in [5.41, 5.74) is 7.20. The van der Waals surface area contributed by atoms with Crippen molar-refractivity contribution in [3.05, 3.63) is 101 Å². The number of piperidine rings is 1. The Kier molecular flexibility index (Phi) is 6.80. The third kappa shape index (κ3) is 4.58. The van der Waals surface area contributed by atoms with E-state index >= 15 is 0 Å². The molecule has 1 saturated heterocycles. The van der Waals surface area contributed by atoms with Gasteiger partial charge in [0.05, 0.1) is 0 Å². The fourth-order valence-electron chi connectivity index (χ4n) is 6.03. The maximum atomic E-state index is 5.50. The van der Waals surface area contributed by atoms with Gasteiger partial charge in [0.15, 0.2) is 6.29 Å². The van der Waals surface area contributed by atoms with E-state index in [-0.39, 0.29) is 6.29 Å². The van der Waals surface area contributed by atoms with Gasteiger partial charge in [0.2, 0.25) is 0 Å². The van der Waals surface area contributed by atoms with Crippen molar-refractivity contribution in [2.75, 3.05) is 32.2 Å². The van der Waals surface area contributed by atoms with Gasteiger partial charge in [-0.3, -0.25) is 0 Å². The molecule has 3 aromatic carbocycles. The molecule has 2 atom stereocenters. The van der Waals surface area contributed by atoms with Crippen LogP contribution < -0.4 is 4.90 Å².